The third-order valence-corrected chi connectivity index (χ3v) is 3.16. The monoisotopic (exact) mass is 250 g/mol. The number of hydrogen-bond donors (Lipinski definition) is 2. The van der Waals surface area contributed by atoms with E-state index in [-0.39, 0.29) is 5.56 Å². The van der Waals surface area contributed by atoms with Gasteiger partial charge < -0.3 is 15.4 Å². The van der Waals surface area contributed by atoms with Gasteiger partial charge in [-0.3, -0.25) is 0 Å². The Balaban J connectivity index is 2.39. The Hall–Kier alpha value is -2.02. The molecule has 0 atom stereocenters. The van der Waals surface area contributed by atoms with Gasteiger partial charge >= 0.3 is 5.97 Å². The van der Waals surface area contributed by atoms with Crippen molar-refractivity contribution < 1.29 is 9.90 Å². The van der Waals surface area contributed by atoms with Crippen molar-refractivity contribution in [2.24, 2.45) is 7.05 Å². The second-order valence-electron chi connectivity index (χ2n) is 3.35. The lowest BCUT2D eigenvalue weighted by molar-refractivity contribution is 0.0692. The molecular weight excluding hydrogens is 240 g/mol. The van der Waals surface area contributed by atoms with Crippen LogP contribution in [0.5, 0.6) is 0 Å². The highest BCUT2D eigenvalue weighted by molar-refractivity contribution is 7.99. The largest absolute Gasteiger partial charge is 0.478 e. The van der Waals surface area contributed by atoms with Crippen LogP contribution in [-0.4, -0.2) is 25.6 Å². The number of nitrogens with zero attached hydrogens (tertiary/aromatic N) is 3. The molecule has 0 bridgehead atoms. The number of carbonyl (C=O) groups is 1. The zero-order valence-electron chi connectivity index (χ0n) is 8.99. The maximum absolute atomic E-state index is 11.1. The molecule has 0 radical (unpaired) electrons. The fourth-order valence-corrected chi connectivity index (χ4v) is 2.09. The highest BCUT2D eigenvalue weighted by Crippen LogP contribution is 2.27. The first-order chi connectivity index (χ1) is 8.08. The number of nitrogens with two attached hydrogens (primary N) is 1. The van der Waals surface area contributed by atoms with Crippen LogP contribution in [0.25, 0.3) is 0 Å². The Labute approximate surface area is 101 Å². The molecule has 0 saturated carbocycles. The molecule has 3 N–H and O–H groups in total. The SMILES string of the molecule is Cn1ccnc1Sc1ncc(N)cc1C(=O)O. The van der Waals surface area contributed by atoms with Gasteiger partial charge in [-0.15, -0.1) is 0 Å². The molecule has 0 aliphatic heterocycles. The molecule has 0 amide bonds. The van der Waals surface area contributed by atoms with E-state index in [0.29, 0.717) is 15.9 Å². The number of rotatable bonds is 3. The van der Waals surface area contributed by atoms with Crippen molar-refractivity contribution in [2.45, 2.75) is 10.2 Å². The molecule has 0 aliphatic rings. The van der Waals surface area contributed by atoms with Gasteiger partial charge in [-0.05, 0) is 17.8 Å². The lowest BCUT2D eigenvalue weighted by atomic mass is 10.3. The predicted octanol–water partition coefficient (Wildman–Crippen LogP) is 1.25. The van der Waals surface area contributed by atoms with Crippen LogP contribution in [0.2, 0.25) is 0 Å². The summed E-state index contributed by atoms with van der Waals surface area (Å²) >= 11 is 1.19. The fourth-order valence-electron chi connectivity index (χ4n) is 1.24. The average molecular weight is 250 g/mol. The summed E-state index contributed by atoms with van der Waals surface area (Å²) in [5.41, 5.74) is 5.92. The molecule has 17 heavy (non-hydrogen) atoms. The van der Waals surface area contributed by atoms with E-state index in [1.807, 2.05) is 7.05 Å². The summed E-state index contributed by atoms with van der Waals surface area (Å²) < 4.78 is 1.79. The summed E-state index contributed by atoms with van der Waals surface area (Å²) in [5.74, 6) is -1.05. The van der Waals surface area contributed by atoms with Crippen LogP contribution in [0.1, 0.15) is 10.4 Å². The van der Waals surface area contributed by atoms with Crippen molar-refractivity contribution in [3.8, 4) is 0 Å². The van der Waals surface area contributed by atoms with Crippen LogP contribution in [0.3, 0.4) is 0 Å². The van der Waals surface area contributed by atoms with Gasteiger partial charge in [0.15, 0.2) is 5.16 Å². The minimum atomic E-state index is -1.05. The highest BCUT2D eigenvalue weighted by Gasteiger charge is 2.14. The van der Waals surface area contributed by atoms with Crippen LogP contribution in [0, 0.1) is 0 Å². The Morgan fingerprint density at radius 2 is 2.29 bits per heavy atom. The van der Waals surface area contributed by atoms with Crippen molar-refractivity contribution in [1.82, 2.24) is 14.5 Å². The van der Waals surface area contributed by atoms with E-state index in [9.17, 15) is 4.79 Å². The van der Waals surface area contributed by atoms with Gasteiger partial charge in [-0.25, -0.2) is 14.8 Å². The molecule has 2 rings (SSSR count). The fraction of sp³-hybridized carbons (Fsp3) is 0.100. The molecule has 7 heteroatoms. The van der Waals surface area contributed by atoms with Crippen molar-refractivity contribution in [3.05, 3.63) is 30.2 Å². The quantitative estimate of drug-likeness (QED) is 0.851. The molecule has 0 saturated heterocycles. The molecule has 0 fully saturated rings. The number of anilines is 1. The van der Waals surface area contributed by atoms with Crippen molar-refractivity contribution in [1.29, 1.82) is 0 Å². The molecule has 88 valence electrons. The van der Waals surface area contributed by atoms with Crippen LogP contribution < -0.4 is 5.73 Å². The number of aromatic nitrogens is 3. The maximum Gasteiger partial charge on any atom is 0.338 e. The summed E-state index contributed by atoms with van der Waals surface area (Å²) in [6, 6.07) is 1.39. The second-order valence-corrected chi connectivity index (χ2v) is 4.31. The number of carboxylic acid groups (broad SMARTS) is 1. The maximum atomic E-state index is 11.1. The Morgan fingerprint density at radius 1 is 1.53 bits per heavy atom. The zero-order chi connectivity index (χ0) is 12.4. The first-order valence-corrected chi connectivity index (χ1v) is 5.53. The van der Waals surface area contributed by atoms with E-state index in [2.05, 4.69) is 9.97 Å². The van der Waals surface area contributed by atoms with Crippen LogP contribution in [0.4, 0.5) is 5.69 Å². The molecule has 0 aliphatic carbocycles. The third kappa shape index (κ3) is 2.39. The number of aryl methyl sites for hydroxylation is 1. The number of carboxylic acids is 1. The minimum absolute atomic E-state index is 0.0815. The number of pyridine rings is 1. The van der Waals surface area contributed by atoms with Gasteiger partial charge in [-0.1, -0.05) is 0 Å². The standard InChI is InChI=1S/C10H10N4O2S/c1-14-3-2-12-10(14)17-8-7(9(15)16)4-6(11)5-13-8/h2-5H,11H2,1H3,(H,15,16). The molecular formula is C10H10N4O2S. The van der Waals surface area contributed by atoms with Gasteiger partial charge in [0.2, 0.25) is 0 Å². The lowest BCUT2D eigenvalue weighted by Gasteiger charge is -2.05. The number of hydrogen-bond acceptors (Lipinski definition) is 5. The lowest BCUT2D eigenvalue weighted by Crippen LogP contribution is -2.03. The number of nitrogen functional groups attached to an aromatic ring is 1. The molecule has 2 aromatic rings. The zero-order valence-corrected chi connectivity index (χ0v) is 9.81. The topological polar surface area (TPSA) is 94.0 Å². The summed E-state index contributed by atoms with van der Waals surface area (Å²) in [5, 5.41) is 10.1. The van der Waals surface area contributed by atoms with Crippen molar-refractivity contribution >= 4 is 23.4 Å². The summed E-state index contributed by atoms with van der Waals surface area (Å²) in [7, 11) is 1.83. The van der Waals surface area contributed by atoms with E-state index in [1.54, 1.807) is 17.0 Å². The molecule has 0 unspecified atom stereocenters. The number of aromatic carboxylic acids is 1. The van der Waals surface area contributed by atoms with Gasteiger partial charge in [0.05, 0.1) is 17.4 Å². The molecule has 2 heterocycles. The van der Waals surface area contributed by atoms with E-state index in [1.165, 1.54) is 24.0 Å². The van der Waals surface area contributed by atoms with Crippen molar-refractivity contribution in [2.75, 3.05) is 5.73 Å². The van der Waals surface area contributed by atoms with Crippen LogP contribution in [0.15, 0.2) is 34.8 Å². The average Bonchev–Trinajstić information content (AvgIpc) is 2.67. The molecule has 0 spiro atoms. The van der Waals surface area contributed by atoms with Gasteiger partial charge in [0.1, 0.15) is 5.03 Å². The van der Waals surface area contributed by atoms with Crippen LogP contribution >= 0.6 is 11.8 Å². The first-order valence-electron chi connectivity index (χ1n) is 4.72. The van der Waals surface area contributed by atoms with E-state index >= 15 is 0 Å². The first kappa shape index (κ1) is 11.5. The Morgan fingerprint density at radius 3 is 2.88 bits per heavy atom. The Kier molecular flexibility index (Phi) is 3.01. The van der Waals surface area contributed by atoms with Crippen LogP contribution in [-0.2, 0) is 7.05 Å². The predicted molar refractivity (Wildman–Crippen MR) is 62.9 cm³/mol. The van der Waals surface area contributed by atoms with E-state index in [4.69, 9.17) is 10.8 Å². The summed E-state index contributed by atoms with van der Waals surface area (Å²) in [4.78, 5) is 19.2. The van der Waals surface area contributed by atoms with Crippen molar-refractivity contribution in [3.63, 3.8) is 0 Å². The van der Waals surface area contributed by atoms with E-state index in [0.717, 1.165) is 0 Å². The van der Waals surface area contributed by atoms with Gasteiger partial charge in [-0.2, -0.15) is 0 Å². The smallest absolute Gasteiger partial charge is 0.338 e. The molecule has 2 aromatic heterocycles. The second kappa shape index (κ2) is 4.46. The molecule has 6 nitrogen and oxygen atoms in total. The normalized spacial score (nSPS) is 10.4. The van der Waals surface area contributed by atoms with Gasteiger partial charge in [0.25, 0.3) is 0 Å². The number of imidazole rings is 1. The summed E-state index contributed by atoms with van der Waals surface area (Å²) in [6.07, 6.45) is 4.85. The van der Waals surface area contributed by atoms with E-state index < -0.39 is 5.97 Å². The van der Waals surface area contributed by atoms with Gasteiger partial charge in [0, 0.05) is 19.4 Å². The third-order valence-electron chi connectivity index (χ3n) is 2.07. The molecule has 0 aromatic carbocycles. The minimum Gasteiger partial charge on any atom is -0.478 e. The highest BCUT2D eigenvalue weighted by atomic mass is 32.2. The Bertz CT molecular complexity index is 567. The summed E-state index contributed by atoms with van der Waals surface area (Å²) in [6.45, 7) is 0.